The Hall–Kier alpha value is -3.02. The molecular weight excluding hydrogens is 474 g/mol. The van der Waals surface area contributed by atoms with Crippen LogP contribution in [0.4, 0.5) is 10.5 Å². The summed E-state index contributed by atoms with van der Waals surface area (Å²) < 4.78 is 12.0. The van der Waals surface area contributed by atoms with E-state index in [4.69, 9.17) is 21.1 Å². The number of fused-ring (bicyclic) bond motifs is 5. The van der Waals surface area contributed by atoms with Crippen molar-refractivity contribution in [3.63, 3.8) is 0 Å². The standard InChI is InChI=1S/C30H32ClNO4/c1-17-25-22-16-35-24-10-8-7-9-20(24)26(22)21(18-11-13-19(31)14-12-18)15-23(25)32(30(5,6)27(17)33)28(34)36-29(2,3)4/h7-15,17,27,33H,16H2,1-6H3/t17?,27-/m0/s1. The van der Waals surface area contributed by atoms with Gasteiger partial charge >= 0.3 is 6.09 Å². The molecule has 0 bridgehead atoms. The molecule has 6 heteroatoms. The number of halogens is 1. The van der Waals surface area contributed by atoms with E-state index in [1.165, 1.54) is 0 Å². The fourth-order valence-corrected chi connectivity index (χ4v) is 5.67. The predicted octanol–water partition coefficient (Wildman–Crippen LogP) is 7.56. The summed E-state index contributed by atoms with van der Waals surface area (Å²) in [6, 6.07) is 17.8. The van der Waals surface area contributed by atoms with E-state index in [9.17, 15) is 9.90 Å². The lowest BCUT2D eigenvalue weighted by Gasteiger charge is -2.50. The largest absolute Gasteiger partial charge is 0.488 e. The number of aliphatic hydroxyl groups is 1. The van der Waals surface area contributed by atoms with Gasteiger partial charge in [-0.1, -0.05) is 48.9 Å². The van der Waals surface area contributed by atoms with Gasteiger partial charge in [0.25, 0.3) is 0 Å². The number of anilines is 1. The van der Waals surface area contributed by atoms with Crippen LogP contribution in [0.3, 0.4) is 0 Å². The van der Waals surface area contributed by atoms with Crippen molar-refractivity contribution < 1.29 is 19.4 Å². The number of rotatable bonds is 1. The van der Waals surface area contributed by atoms with Gasteiger partial charge in [0, 0.05) is 27.6 Å². The van der Waals surface area contributed by atoms with E-state index in [1.807, 2.05) is 84.0 Å². The quantitative estimate of drug-likeness (QED) is 0.370. The van der Waals surface area contributed by atoms with E-state index in [0.29, 0.717) is 11.6 Å². The maximum absolute atomic E-state index is 13.6. The third kappa shape index (κ3) is 3.95. The zero-order valence-electron chi connectivity index (χ0n) is 21.6. The summed E-state index contributed by atoms with van der Waals surface area (Å²) in [5, 5.41) is 12.1. The topological polar surface area (TPSA) is 59.0 Å². The SMILES string of the molecule is CC1c2c(cc(-c3ccc(Cl)cc3)c3c2COc2ccccc2-3)N(C(=O)OC(C)(C)C)C(C)(C)[C@H]1O. The summed E-state index contributed by atoms with van der Waals surface area (Å²) in [5.41, 5.74) is 5.05. The minimum absolute atomic E-state index is 0.226. The van der Waals surface area contributed by atoms with Gasteiger partial charge < -0.3 is 14.6 Å². The molecule has 0 aromatic heterocycles. The average Bonchev–Trinajstić information content (AvgIpc) is 2.81. The molecule has 1 amide bonds. The lowest BCUT2D eigenvalue weighted by molar-refractivity contribution is 0.0336. The Balaban J connectivity index is 1.85. The van der Waals surface area contributed by atoms with Crippen LogP contribution in [0.15, 0.2) is 54.6 Å². The molecule has 5 rings (SSSR count). The lowest BCUT2D eigenvalue weighted by Crippen LogP contribution is -2.61. The average molecular weight is 506 g/mol. The molecule has 2 heterocycles. The summed E-state index contributed by atoms with van der Waals surface area (Å²) in [6.07, 6.45) is -1.29. The van der Waals surface area contributed by atoms with Crippen molar-refractivity contribution in [2.75, 3.05) is 4.90 Å². The number of amides is 1. The number of hydrogen-bond acceptors (Lipinski definition) is 4. The Morgan fingerprint density at radius 2 is 1.78 bits per heavy atom. The van der Waals surface area contributed by atoms with Crippen LogP contribution in [-0.2, 0) is 11.3 Å². The molecule has 5 nitrogen and oxygen atoms in total. The van der Waals surface area contributed by atoms with Crippen LogP contribution in [0.25, 0.3) is 22.3 Å². The minimum atomic E-state index is -0.895. The second kappa shape index (κ2) is 8.53. The molecule has 2 aliphatic rings. The molecule has 2 atom stereocenters. The van der Waals surface area contributed by atoms with Gasteiger partial charge in [-0.3, -0.25) is 4.90 Å². The molecular formula is C30H32ClNO4. The van der Waals surface area contributed by atoms with E-state index >= 15 is 0 Å². The maximum atomic E-state index is 13.6. The number of carbonyl (C=O) groups excluding carboxylic acids is 1. The maximum Gasteiger partial charge on any atom is 0.415 e. The van der Waals surface area contributed by atoms with Crippen molar-refractivity contribution in [2.24, 2.45) is 0 Å². The fraction of sp³-hybridized carbons (Fsp3) is 0.367. The Morgan fingerprint density at radius 1 is 1.11 bits per heavy atom. The summed E-state index contributed by atoms with van der Waals surface area (Å²) in [7, 11) is 0. The molecule has 3 aromatic rings. The molecule has 1 N–H and O–H groups in total. The van der Waals surface area contributed by atoms with Crippen LogP contribution in [0.2, 0.25) is 5.02 Å². The fourth-order valence-electron chi connectivity index (χ4n) is 5.55. The van der Waals surface area contributed by atoms with Crippen molar-refractivity contribution in [3.05, 3.63) is 70.7 Å². The van der Waals surface area contributed by atoms with Gasteiger partial charge in [-0.15, -0.1) is 0 Å². The summed E-state index contributed by atoms with van der Waals surface area (Å²) in [6.45, 7) is 11.7. The number of nitrogens with zero attached hydrogens (tertiary/aromatic N) is 1. The Kier molecular flexibility index (Phi) is 5.85. The molecule has 0 saturated heterocycles. The third-order valence-corrected chi connectivity index (χ3v) is 7.43. The van der Waals surface area contributed by atoms with Gasteiger partial charge in [0.15, 0.2) is 0 Å². The zero-order valence-corrected chi connectivity index (χ0v) is 22.3. The van der Waals surface area contributed by atoms with Gasteiger partial charge in [0.2, 0.25) is 0 Å². The van der Waals surface area contributed by atoms with E-state index in [1.54, 1.807) is 4.90 Å². The number of aliphatic hydroxyl groups excluding tert-OH is 1. The molecule has 1 unspecified atom stereocenters. The van der Waals surface area contributed by atoms with Crippen molar-refractivity contribution in [1.29, 1.82) is 0 Å². The van der Waals surface area contributed by atoms with Crippen molar-refractivity contribution in [3.8, 4) is 28.0 Å². The smallest absolute Gasteiger partial charge is 0.415 e. The molecule has 0 aliphatic carbocycles. The molecule has 188 valence electrons. The molecule has 3 aromatic carbocycles. The van der Waals surface area contributed by atoms with Crippen LogP contribution >= 0.6 is 11.6 Å². The third-order valence-electron chi connectivity index (χ3n) is 7.18. The first kappa shape index (κ1) is 24.7. The highest BCUT2D eigenvalue weighted by molar-refractivity contribution is 6.30. The van der Waals surface area contributed by atoms with Crippen LogP contribution in [0.1, 0.15) is 58.6 Å². The second-order valence-electron chi connectivity index (χ2n) is 11.2. The van der Waals surface area contributed by atoms with Crippen molar-refractivity contribution in [2.45, 2.75) is 71.3 Å². The van der Waals surface area contributed by atoms with Crippen LogP contribution in [0, 0.1) is 0 Å². The monoisotopic (exact) mass is 505 g/mol. The molecule has 0 fully saturated rings. The van der Waals surface area contributed by atoms with Gasteiger partial charge in [-0.2, -0.15) is 0 Å². The molecule has 0 radical (unpaired) electrons. The predicted molar refractivity (Wildman–Crippen MR) is 144 cm³/mol. The first-order valence-electron chi connectivity index (χ1n) is 12.3. The van der Waals surface area contributed by atoms with E-state index in [0.717, 1.165) is 44.8 Å². The van der Waals surface area contributed by atoms with Gasteiger partial charge in [-0.25, -0.2) is 4.79 Å². The highest BCUT2D eigenvalue weighted by Gasteiger charge is 2.50. The van der Waals surface area contributed by atoms with Crippen molar-refractivity contribution >= 4 is 23.4 Å². The normalized spacial score (nSPS) is 20.1. The summed E-state index contributed by atoms with van der Waals surface area (Å²) >= 11 is 6.22. The van der Waals surface area contributed by atoms with E-state index in [2.05, 4.69) is 12.1 Å². The second-order valence-corrected chi connectivity index (χ2v) is 11.6. The summed E-state index contributed by atoms with van der Waals surface area (Å²) in [5.74, 6) is 0.587. The van der Waals surface area contributed by atoms with Gasteiger partial charge in [0.05, 0.1) is 17.3 Å². The zero-order chi connectivity index (χ0) is 26.0. The molecule has 2 aliphatic heterocycles. The molecule has 36 heavy (non-hydrogen) atoms. The van der Waals surface area contributed by atoms with E-state index in [-0.39, 0.29) is 5.92 Å². The van der Waals surface area contributed by atoms with Gasteiger partial charge in [-0.05, 0) is 75.6 Å². The Morgan fingerprint density at radius 3 is 2.44 bits per heavy atom. The molecule has 0 saturated carbocycles. The lowest BCUT2D eigenvalue weighted by atomic mass is 9.73. The van der Waals surface area contributed by atoms with Crippen LogP contribution in [0.5, 0.6) is 5.75 Å². The number of hydrogen-bond donors (Lipinski definition) is 1. The number of benzene rings is 3. The van der Waals surface area contributed by atoms with Crippen molar-refractivity contribution in [1.82, 2.24) is 0 Å². The number of para-hydroxylation sites is 1. The van der Waals surface area contributed by atoms with Crippen LogP contribution < -0.4 is 9.64 Å². The first-order chi connectivity index (χ1) is 16.9. The molecule has 0 spiro atoms. The van der Waals surface area contributed by atoms with Crippen LogP contribution in [-0.4, -0.2) is 28.4 Å². The van der Waals surface area contributed by atoms with Gasteiger partial charge in [0.1, 0.15) is 18.0 Å². The minimum Gasteiger partial charge on any atom is -0.488 e. The Labute approximate surface area is 217 Å². The number of carbonyl (C=O) groups is 1. The van der Waals surface area contributed by atoms with E-state index < -0.39 is 23.3 Å². The highest BCUT2D eigenvalue weighted by Crippen LogP contribution is 2.53. The summed E-state index contributed by atoms with van der Waals surface area (Å²) in [4.78, 5) is 15.3. The first-order valence-corrected chi connectivity index (χ1v) is 12.7. The Bertz CT molecular complexity index is 1340. The number of ether oxygens (including phenoxy) is 2. The highest BCUT2D eigenvalue weighted by atomic mass is 35.5.